The van der Waals surface area contributed by atoms with Crippen LogP contribution in [0.4, 0.5) is 14.5 Å². The molecule has 0 aliphatic heterocycles. The summed E-state index contributed by atoms with van der Waals surface area (Å²) in [6.07, 6.45) is 7.87. The largest absolute Gasteiger partial charge is 0.489 e. The molecule has 1 aliphatic rings. The Labute approximate surface area is 249 Å². The molecule has 3 heterocycles. The van der Waals surface area contributed by atoms with E-state index in [1.807, 2.05) is 18.2 Å². The molecule has 1 fully saturated rings. The van der Waals surface area contributed by atoms with Crippen LogP contribution in [-0.4, -0.2) is 24.2 Å². The van der Waals surface area contributed by atoms with Gasteiger partial charge in [0.1, 0.15) is 21.0 Å². The summed E-state index contributed by atoms with van der Waals surface area (Å²) in [6, 6.07) is 11.8. The number of nitrogens with one attached hydrogen (secondary N) is 2. The van der Waals surface area contributed by atoms with Crippen LogP contribution in [0.15, 0.2) is 67.3 Å². The molecule has 7 nitrogen and oxygen atoms in total. The number of ether oxygens (including phenoxy) is 3. The SMILES string of the molecule is O=C(O[C@@H](Cc1c(Cl)c[nH+]cc1Cl)c1ccc(OC(F)F)c(OCC2CC2)c1)c1ccc(CNc2cccnc2)s1. The molecule has 0 radical (unpaired) electrons. The second-order valence-electron chi connectivity index (χ2n) is 9.43. The first-order valence-corrected chi connectivity index (χ1v) is 14.4. The van der Waals surface area contributed by atoms with Gasteiger partial charge in [0.25, 0.3) is 0 Å². The van der Waals surface area contributed by atoms with Crippen LogP contribution < -0.4 is 19.8 Å². The second kappa shape index (κ2) is 13.5. The topological polar surface area (TPSA) is 83.8 Å². The maximum absolute atomic E-state index is 13.3. The van der Waals surface area contributed by atoms with Crippen molar-refractivity contribution in [1.82, 2.24) is 4.98 Å². The van der Waals surface area contributed by atoms with E-state index in [4.69, 9.17) is 32.7 Å². The Morgan fingerprint density at radius 2 is 1.93 bits per heavy atom. The number of nitrogens with zero attached hydrogens (tertiary/aromatic N) is 1. The predicted octanol–water partition coefficient (Wildman–Crippen LogP) is 7.41. The lowest BCUT2D eigenvalue weighted by molar-refractivity contribution is -0.377. The minimum absolute atomic E-state index is 0.0936. The zero-order valence-corrected chi connectivity index (χ0v) is 23.9. The van der Waals surface area contributed by atoms with Gasteiger partial charge in [-0.2, -0.15) is 8.78 Å². The first-order valence-electron chi connectivity index (χ1n) is 12.8. The van der Waals surface area contributed by atoms with Crippen LogP contribution in [0.3, 0.4) is 0 Å². The van der Waals surface area contributed by atoms with Crippen molar-refractivity contribution in [2.75, 3.05) is 11.9 Å². The molecule has 0 saturated heterocycles. The van der Waals surface area contributed by atoms with Gasteiger partial charge in [0, 0.05) is 35.8 Å². The van der Waals surface area contributed by atoms with Crippen molar-refractivity contribution in [3.63, 3.8) is 0 Å². The van der Waals surface area contributed by atoms with Gasteiger partial charge in [-0.25, -0.2) is 9.78 Å². The monoisotopic (exact) mass is 620 g/mol. The van der Waals surface area contributed by atoms with Crippen LogP contribution in [0.2, 0.25) is 10.0 Å². The van der Waals surface area contributed by atoms with Crippen molar-refractivity contribution in [1.29, 1.82) is 0 Å². The van der Waals surface area contributed by atoms with E-state index in [-0.39, 0.29) is 17.9 Å². The van der Waals surface area contributed by atoms with Crippen molar-refractivity contribution in [2.24, 2.45) is 5.92 Å². The van der Waals surface area contributed by atoms with Crippen LogP contribution in [-0.2, 0) is 17.7 Å². The molecule has 0 spiro atoms. The number of benzene rings is 1. The lowest BCUT2D eigenvalue weighted by Gasteiger charge is -2.21. The van der Waals surface area contributed by atoms with E-state index >= 15 is 0 Å². The number of hydrogen-bond donors (Lipinski definition) is 1. The van der Waals surface area contributed by atoms with Crippen LogP contribution in [0.5, 0.6) is 11.5 Å². The van der Waals surface area contributed by atoms with Gasteiger partial charge in [0.2, 0.25) is 0 Å². The summed E-state index contributed by atoms with van der Waals surface area (Å²) in [4.78, 5) is 21.6. The fraction of sp³-hybridized carbons (Fsp3) is 0.276. The number of rotatable bonds is 13. The Kier molecular flexibility index (Phi) is 9.53. The fourth-order valence-electron chi connectivity index (χ4n) is 4.03. The van der Waals surface area contributed by atoms with Crippen molar-refractivity contribution in [2.45, 2.75) is 38.5 Å². The number of halogens is 4. The lowest BCUT2D eigenvalue weighted by atomic mass is 10.0. The molecular formula is C29H26Cl2F2N3O4S+. The molecule has 5 rings (SSSR count). The van der Waals surface area contributed by atoms with Gasteiger partial charge in [-0.3, -0.25) is 4.98 Å². The average Bonchev–Trinajstić information content (AvgIpc) is 3.67. The van der Waals surface area contributed by atoms with Gasteiger partial charge >= 0.3 is 12.6 Å². The Hall–Kier alpha value is -3.47. The van der Waals surface area contributed by atoms with E-state index in [1.165, 1.54) is 17.4 Å². The number of aromatic nitrogens is 2. The van der Waals surface area contributed by atoms with Gasteiger partial charge < -0.3 is 19.5 Å². The van der Waals surface area contributed by atoms with Crippen molar-refractivity contribution < 1.29 is 32.8 Å². The van der Waals surface area contributed by atoms with Gasteiger partial charge in [0.05, 0.1) is 12.3 Å². The van der Waals surface area contributed by atoms with E-state index in [0.717, 1.165) is 23.4 Å². The average molecular weight is 622 g/mol. The van der Waals surface area contributed by atoms with E-state index < -0.39 is 18.7 Å². The molecule has 0 bridgehead atoms. The van der Waals surface area contributed by atoms with Crippen molar-refractivity contribution in [3.8, 4) is 11.5 Å². The molecule has 4 aromatic rings. The first-order chi connectivity index (χ1) is 19.9. The summed E-state index contributed by atoms with van der Waals surface area (Å²) in [7, 11) is 0. The number of alkyl halides is 2. The Balaban J connectivity index is 1.38. The van der Waals surface area contributed by atoms with Gasteiger partial charge in [-0.15, -0.1) is 11.3 Å². The van der Waals surface area contributed by atoms with E-state index in [2.05, 4.69) is 20.0 Å². The Bertz CT molecular complexity index is 1470. The lowest BCUT2D eigenvalue weighted by Crippen LogP contribution is -2.15. The summed E-state index contributed by atoms with van der Waals surface area (Å²) < 4.78 is 42.7. The zero-order chi connectivity index (χ0) is 28.8. The summed E-state index contributed by atoms with van der Waals surface area (Å²) >= 11 is 14.1. The molecule has 214 valence electrons. The van der Waals surface area contributed by atoms with Gasteiger partial charge in [-0.05, 0) is 60.7 Å². The summed E-state index contributed by atoms with van der Waals surface area (Å²) in [5, 5.41) is 3.98. The van der Waals surface area contributed by atoms with Gasteiger partial charge in [0.15, 0.2) is 23.9 Å². The highest BCUT2D eigenvalue weighted by Gasteiger charge is 2.27. The number of carbonyl (C=O) groups is 1. The van der Waals surface area contributed by atoms with E-state index in [9.17, 15) is 13.6 Å². The van der Waals surface area contributed by atoms with Crippen molar-refractivity contribution >= 4 is 46.2 Å². The summed E-state index contributed by atoms with van der Waals surface area (Å²) in [5.41, 5.74) is 1.93. The maximum Gasteiger partial charge on any atom is 0.387 e. The second-order valence-corrected chi connectivity index (χ2v) is 11.4. The number of esters is 1. The minimum Gasteiger partial charge on any atom is -0.489 e. The molecule has 0 amide bonds. The number of pyridine rings is 2. The van der Waals surface area contributed by atoms with E-state index in [0.29, 0.717) is 45.1 Å². The molecule has 2 N–H and O–H groups in total. The summed E-state index contributed by atoms with van der Waals surface area (Å²) in [5.74, 6) is -0.112. The summed E-state index contributed by atoms with van der Waals surface area (Å²) in [6.45, 7) is -2.13. The predicted molar refractivity (Wildman–Crippen MR) is 152 cm³/mol. The smallest absolute Gasteiger partial charge is 0.387 e. The highest BCUT2D eigenvalue weighted by Crippen LogP contribution is 2.38. The molecule has 1 aromatic carbocycles. The number of hydrogen-bond acceptors (Lipinski definition) is 7. The number of H-pyrrole nitrogens is 1. The standard InChI is InChI=1S/C29H25Cl2F2N3O4S/c30-22-14-35-15-23(31)21(22)11-25(18-5-7-24(40-29(32)33)26(10-18)38-16-17-3-4-17)39-28(37)27-8-6-20(41-27)13-36-19-2-1-9-34-12-19/h1-2,5-10,12,14-15,17,25,29,36H,3-4,11,13,16H2/p+1/t25-/m0/s1. The van der Waals surface area contributed by atoms with Crippen LogP contribution in [0.1, 0.15) is 44.6 Å². The van der Waals surface area contributed by atoms with Crippen LogP contribution >= 0.6 is 34.5 Å². The van der Waals surface area contributed by atoms with Gasteiger partial charge in [-0.1, -0.05) is 29.3 Å². The Morgan fingerprint density at radius 3 is 2.63 bits per heavy atom. The molecule has 12 heteroatoms. The molecule has 1 aliphatic carbocycles. The molecular weight excluding hydrogens is 595 g/mol. The highest BCUT2D eigenvalue weighted by molar-refractivity contribution is 7.13. The van der Waals surface area contributed by atoms with Crippen molar-refractivity contribution in [3.05, 3.63) is 98.2 Å². The van der Waals surface area contributed by atoms with Crippen LogP contribution in [0, 0.1) is 5.92 Å². The minimum atomic E-state index is -3.02. The molecule has 1 saturated carbocycles. The number of aromatic amines is 1. The third-order valence-electron chi connectivity index (χ3n) is 6.35. The third-order valence-corrected chi connectivity index (χ3v) is 8.09. The molecule has 1 atom stereocenters. The molecule has 3 aromatic heterocycles. The molecule has 41 heavy (non-hydrogen) atoms. The fourth-order valence-corrected chi connectivity index (χ4v) is 5.40. The third kappa shape index (κ3) is 8.06. The quantitative estimate of drug-likeness (QED) is 0.157. The first kappa shape index (κ1) is 29.0. The highest BCUT2D eigenvalue weighted by atomic mass is 35.5. The number of anilines is 1. The van der Waals surface area contributed by atoms with E-state index in [1.54, 1.807) is 43.0 Å². The normalized spacial score (nSPS) is 13.6. The molecule has 0 unspecified atom stereocenters. The number of carbonyl (C=O) groups excluding carboxylic acids is 1. The zero-order valence-electron chi connectivity index (χ0n) is 21.6. The maximum atomic E-state index is 13.3. The number of thiophene rings is 1. The van der Waals surface area contributed by atoms with Crippen LogP contribution in [0.25, 0.3) is 0 Å². The Morgan fingerprint density at radius 1 is 1.12 bits per heavy atom.